The predicted molar refractivity (Wildman–Crippen MR) is 66.5 cm³/mol. The zero-order chi connectivity index (χ0) is 12.2. The lowest BCUT2D eigenvalue weighted by atomic mass is 10.1. The summed E-state index contributed by atoms with van der Waals surface area (Å²) in [6, 6.07) is 0. The van der Waals surface area contributed by atoms with Crippen molar-refractivity contribution in [2.75, 3.05) is 6.54 Å². The van der Waals surface area contributed by atoms with Gasteiger partial charge in [0.2, 0.25) is 5.91 Å². The summed E-state index contributed by atoms with van der Waals surface area (Å²) in [6.07, 6.45) is 1.80. The van der Waals surface area contributed by atoms with E-state index in [0.717, 1.165) is 9.88 Å². The Bertz CT molecular complexity index is 354. The Kier molecular flexibility index (Phi) is 4.44. The Morgan fingerprint density at radius 2 is 2.19 bits per heavy atom. The van der Waals surface area contributed by atoms with E-state index in [4.69, 9.17) is 0 Å². The van der Waals surface area contributed by atoms with Crippen molar-refractivity contribution in [3.8, 4) is 0 Å². The number of amides is 1. The fourth-order valence-corrected chi connectivity index (χ4v) is 1.82. The number of carbonyl (C=O) groups is 1. The molecular weight excluding hydrogens is 222 g/mol. The van der Waals surface area contributed by atoms with Crippen LogP contribution in [0.2, 0.25) is 0 Å². The van der Waals surface area contributed by atoms with E-state index < -0.39 is 0 Å². The van der Waals surface area contributed by atoms with Crippen molar-refractivity contribution < 1.29 is 4.79 Å². The van der Waals surface area contributed by atoms with Gasteiger partial charge in [-0.15, -0.1) is 11.3 Å². The Morgan fingerprint density at radius 3 is 2.69 bits per heavy atom. The number of nitrogens with zero attached hydrogens (tertiary/aromatic N) is 1. The van der Waals surface area contributed by atoms with Gasteiger partial charge in [-0.05, 0) is 27.7 Å². The first kappa shape index (κ1) is 13.1. The minimum Gasteiger partial charge on any atom is -0.350 e. The predicted octanol–water partition coefficient (Wildman–Crippen LogP) is 1.46. The van der Waals surface area contributed by atoms with Crippen LogP contribution in [0.1, 0.15) is 30.7 Å². The Balaban J connectivity index is 2.25. The minimum absolute atomic E-state index is 0.0148. The fraction of sp³-hybridized carbons (Fsp3) is 0.636. The number of carbonyl (C=O) groups excluding carboxylic acids is 1. The molecule has 1 amide bonds. The highest BCUT2D eigenvalue weighted by molar-refractivity contribution is 7.11. The van der Waals surface area contributed by atoms with Gasteiger partial charge in [0, 0.05) is 16.6 Å². The quantitative estimate of drug-likeness (QED) is 0.839. The molecular formula is C11H19N3OS. The smallest absolute Gasteiger partial charge is 0.234 e. The minimum atomic E-state index is -0.0293. The molecule has 0 aliphatic carbocycles. The molecule has 1 rings (SSSR count). The monoisotopic (exact) mass is 241 g/mol. The van der Waals surface area contributed by atoms with Crippen molar-refractivity contribution in [1.29, 1.82) is 0 Å². The molecule has 0 unspecified atom stereocenters. The van der Waals surface area contributed by atoms with Crippen LogP contribution in [0.25, 0.3) is 0 Å². The SMILES string of the molecule is Cc1ncc(CNC(=O)CNC(C)(C)C)s1. The molecule has 0 atom stereocenters. The number of nitrogens with one attached hydrogen (secondary N) is 2. The van der Waals surface area contributed by atoms with Gasteiger partial charge in [0.25, 0.3) is 0 Å². The van der Waals surface area contributed by atoms with Crippen LogP contribution >= 0.6 is 11.3 Å². The number of aryl methyl sites for hydroxylation is 1. The van der Waals surface area contributed by atoms with Crippen LogP contribution in [0.4, 0.5) is 0 Å². The van der Waals surface area contributed by atoms with Crippen molar-refractivity contribution in [1.82, 2.24) is 15.6 Å². The van der Waals surface area contributed by atoms with Gasteiger partial charge in [-0.3, -0.25) is 4.79 Å². The maximum Gasteiger partial charge on any atom is 0.234 e. The van der Waals surface area contributed by atoms with Gasteiger partial charge >= 0.3 is 0 Å². The van der Waals surface area contributed by atoms with Crippen molar-refractivity contribution in [3.05, 3.63) is 16.1 Å². The molecule has 0 bridgehead atoms. The normalized spacial score (nSPS) is 11.5. The molecule has 0 aliphatic heterocycles. The lowest BCUT2D eigenvalue weighted by molar-refractivity contribution is -0.120. The Labute approximate surface area is 100 Å². The summed E-state index contributed by atoms with van der Waals surface area (Å²) in [6.45, 7) is 8.97. The van der Waals surface area contributed by atoms with Crippen molar-refractivity contribution >= 4 is 17.2 Å². The third kappa shape index (κ3) is 5.23. The molecule has 1 aromatic rings. The first-order valence-electron chi connectivity index (χ1n) is 5.30. The third-order valence-corrected chi connectivity index (χ3v) is 2.82. The van der Waals surface area contributed by atoms with Gasteiger partial charge in [0.15, 0.2) is 0 Å². The second kappa shape index (κ2) is 5.41. The van der Waals surface area contributed by atoms with Gasteiger partial charge in [-0.25, -0.2) is 4.98 Å². The van der Waals surface area contributed by atoms with E-state index in [1.165, 1.54) is 0 Å². The molecule has 0 radical (unpaired) electrons. The van der Waals surface area contributed by atoms with E-state index in [-0.39, 0.29) is 11.4 Å². The second-order valence-electron chi connectivity index (χ2n) is 4.73. The summed E-state index contributed by atoms with van der Waals surface area (Å²) in [5, 5.41) is 7.02. The molecule has 0 spiro atoms. The van der Waals surface area contributed by atoms with Crippen LogP contribution in [-0.4, -0.2) is 23.0 Å². The van der Waals surface area contributed by atoms with Crippen molar-refractivity contribution in [2.24, 2.45) is 0 Å². The maximum absolute atomic E-state index is 11.5. The molecule has 5 heteroatoms. The zero-order valence-electron chi connectivity index (χ0n) is 10.3. The average Bonchev–Trinajstić information content (AvgIpc) is 2.57. The van der Waals surface area contributed by atoms with E-state index in [9.17, 15) is 4.79 Å². The van der Waals surface area contributed by atoms with E-state index in [1.807, 2.05) is 27.7 Å². The summed E-state index contributed by atoms with van der Waals surface area (Å²) in [5.74, 6) is 0.0148. The molecule has 0 aliphatic rings. The first-order valence-corrected chi connectivity index (χ1v) is 6.11. The highest BCUT2D eigenvalue weighted by atomic mass is 32.1. The number of thiazole rings is 1. The standard InChI is InChI=1S/C11H19N3OS/c1-8-12-5-9(16-8)6-13-10(15)7-14-11(2,3)4/h5,14H,6-7H2,1-4H3,(H,13,15). The molecule has 0 fully saturated rings. The van der Waals surface area contributed by atoms with Crippen molar-refractivity contribution in [3.63, 3.8) is 0 Å². The molecule has 4 nitrogen and oxygen atoms in total. The lowest BCUT2D eigenvalue weighted by Crippen LogP contribution is -2.43. The van der Waals surface area contributed by atoms with Crippen LogP contribution in [-0.2, 0) is 11.3 Å². The summed E-state index contributed by atoms with van der Waals surface area (Å²) < 4.78 is 0. The highest BCUT2D eigenvalue weighted by Crippen LogP contribution is 2.10. The molecule has 90 valence electrons. The molecule has 16 heavy (non-hydrogen) atoms. The van der Waals surface area contributed by atoms with E-state index in [1.54, 1.807) is 17.5 Å². The third-order valence-electron chi connectivity index (χ3n) is 1.91. The number of hydrogen-bond donors (Lipinski definition) is 2. The van der Waals surface area contributed by atoms with Crippen LogP contribution < -0.4 is 10.6 Å². The van der Waals surface area contributed by atoms with Gasteiger partial charge in [0.05, 0.1) is 18.1 Å². The Morgan fingerprint density at radius 1 is 1.50 bits per heavy atom. The molecule has 1 heterocycles. The molecule has 0 saturated heterocycles. The summed E-state index contributed by atoms with van der Waals surface area (Å²) in [5.41, 5.74) is -0.0293. The van der Waals surface area contributed by atoms with Crippen LogP contribution in [0.5, 0.6) is 0 Å². The van der Waals surface area contributed by atoms with E-state index in [0.29, 0.717) is 13.1 Å². The van der Waals surface area contributed by atoms with Crippen LogP contribution in [0.3, 0.4) is 0 Å². The molecule has 1 aromatic heterocycles. The van der Waals surface area contributed by atoms with Crippen molar-refractivity contribution in [2.45, 2.75) is 39.8 Å². The summed E-state index contributed by atoms with van der Waals surface area (Å²) in [7, 11) is 0. The zero-order valence-corrected chi connectivity index (χ0v) is 11.1. The van der Waals surface area contributed by atoms with Gasteiger partial charge < -0.3 is 10.6 Å². The van der Waals surface area contributed by atoms with Gasteiger partial charge in [0.1, 0.15) is 0 Å². The number of rotatable bonds is 4. The van der Waals surface area contributed by atoms with Gasteiger partial charge in [-0.2, -0.15) is 0 Å². The number of aromatic nitrogens is 1. The summed E-state index contributed by atoms with van der Waals surface area (Å²) in [4.78, 5) is 16.7. The molecule has 0 saturated carbocycles. The first-order chi connectivity index (χ1) is 7.37. The van der Waals surface area contributed by atoms with E-state index in [2.05, 4.69) is 15.6 Å². The number of hydrogen-bond acceptors (Lipinski definition) is 4. The summed E-state index contributed by atoms with van der Waals surface area (Å²) >= 11 is 1.61. The second-order valence-corrected chi connectivity index (χ2v) is 6.05. The molecule has 2 N–H and O–H groups in total. The maximum atomic E-state index is 11.5. The average molecular weight is 241 g/mol. The van der Waals surface area contributed by atoms with Crippen LogP contribution in [0, 0.1) is 6.92 Å². The largest absolute Gasteiger partial charge is 0.350 e. The fourth-order valence-electron chi connectivity index (χ4n) is 1.08. The van der Waals surface area contributed by atoms with Gasteiger partial charge in [-0.1, -0.05) is 0 Å². The Hall–Kier alpha value is -0.940. The highest BCUT2D eigenvalue weighted by Gasteiger charge is 2.11. The van der Waals surface area contributed by atoms with Crippen LogP contribution in [0.15, 0.2) is 6.20 Å². The lowest BCUT2D eigenvalue weighted by Gasteiger charge is -2.19. The molecule has 0 aromatic carbocycles. The topological polar surface area (TPSA) is 54.0 Å². The van der Waals surface area contributed by atoms with E-state index >= 15 is 0 Å².